The number of fused-ring (bicyclic) bond motifs is 2. The van der Waals surface area contributed by atoms with Gasteiger partial charge in [-0.2, -0.15) is 0 Å². The number of nitrogens with one attached hydrogen (secondary N) is 4. The second-order valence-electron chi connectivity index (χ2n) is 12.0. The molecule has 0 unspecified atom stereocenters. The maximum atomic E-state index is 13.8. The van der Waals surface area contributed by atoms with E-state index in [-0.39, 0.29) is 35.7 Å². The minimum absolute atomic E-state index is 0.126. The quantitative estimate of drug-likeness (QED) is 0.324. The lowest BCUT2D eigenvalue weighted by Gasteiger charge is -2.29. The molecule has 2 aliphatic heterocycles. The van der Waals surface area contributed by atoms with E-state index in [9.17, 15) is 19.2 Å². The van der Waals surface area contributed by atoms with Gasteiger partial charge >= 0.3 is 0 Å². The number of morpholine rings is 1. The van der Waals surface area contributed by atoms with Gasteiger partial charge in [0.05, 0.1) is 13.2 Å². The standard InChI is InChI=1S/C34H42N6O6/c1-22(2)29-34-38-28(21-46-34)31(42)35-15-7-6-10-26(32(43)37-27(33(44)39-29)20-23-8-4-3-5-9-23)36-30(41)24-11-13-25(14-12-24)40-16-18-45-19-17-40/h3-5,8-9,11-14,21-22,26-27,29H,6-7,10,15-20H2,1-2H3,(H,35,42)(H,36,41)(H,37,43)(H,39,44)/t26-,27-,29-/m0/s1. The van der Waals surface area contributed by atoms with Crippen LogP contribution in [0.3, 0.4) is 0 Å². The minimum atomic E-state index is -0.950. The fraction of sp³-hybridized carbons (Fsp3) is 0.441. The Balaban J connectivity index is 1.37. The van der Waals surface area contributed by atoms with Crippen molar-refractivity contribution in [3.8, 4) is 0 Å². The van der Waals surface area contributed by atoms with Crippen LogP contribution in [0.25, 0.3) is 0 Å². The van der Waals surface area contributed by atoms with Crippen molar-refractivity contribution in [2.24, 2.45) is 5.92 Å². The largest absolute Gasteiger partial charge is 0.446 e. The zero-order valence-corrected chi connectivity index (χ0v) is 26.3. The molecule has 4 amide bonds. The maximum Gasteiger partial charge on any atom is 0.273 e. The normalized spacial score (nSPS) is 21.7. The van der Waals surface area contributed by atoms with Crippen molar-refractivity contribution < 1.29 is 28.3 Å². The highest BCUT2D eigenvalue weighted by Gasteiger charge is 2.31. The molecular weight excluding hydrogens is 588 g/mol. The second kappa shape index (κ2) is 15.5. The fourth-order valence-corrected chi connectivity index (χ4v) is 5.56. The number of carbonyl (C=O) groups excluding carboxylic acids is 4. The molecule has 3 atom stereocenters. The zero-order chi connectivity index (χ0) is 32.5. The fourth-order valence-electron chi connectivity index (χ4n) is 5.56. The zero-order valence-electron chi connectivity index (χ0n) is 26.3. The molecule has 244 valence electrons. The highest BCUT2D eigenvalue weighted by molar-refractivity contribution is 5.98. The Bertz CT molecular complexity index is 1490. The van der Waals surface area contributed by atoms with E-state index in [1.807, 2.05) is 56.3 Å². The molecule has 2 bridgehead atoms. The number of hydrogen-bond donors (Lipinski definition) is 4. The van der Waals surface area contributed by atoms with Crippen LogP contribution < -0.4 is 26.2 Å². The van der Waals surface area contributed by atoms with E-state index >= 15 is 0 Å². The molecule has 12 heteroatoms. The Kier molecular flexibility index (Phi) is 11.0. The van der Waals surface area contributed by atoms with E-state index in [0.717, 1.165) is 24.3 Å². The first-order chi connectivity index (χ1) is 22.3. The first kappa shape index (κ1) is 32.7. The van der Waals surface area contributed by atoms with Gasteiger partial charge in [0, 0.05) is 37.3 Å². The Morgan fingerprint density at radius 3 is 2.43 bits per heavy atom. The molecule has 0 radical (unpaired) electrons. The van der Waals surface area contributed by atoms with E-state index < -0.39 is 29.9 Å². The molecule has 0 aliphatic carbocycles. The van der Waals surface area contributed by atoms with Crippen molar-refractivity contribution in [1.82, 2.24) is 26.3 Å². The molecule has 1 saturated heterocycles. The number of aromatic nitrogens is 1. The summed E-state index contributed by atoms with van der Waals surface area (Å²) in [6.07, 6.45) is 2.91. The lowest BCUT2D eigenvalue weighted by molar-refractivity contribution is -0.130. The molecule has 3 aromatic rings. The number of oxazole rings is 1. The third-order valence-corrected chi connectivity index (χ3v) is 8.23. The molecule has 1 fully saturated rings. The van der Waals surface area contributed by atoms with Crippen molar-refractivity contribution in [2.45, 2.75) is 57.7 Å². The maximum absolute atomic E-state index is 13.8. The second-order valence-corrected chi connectivity index (χ2v) is 12.0. The summed E-state index contributed by atoms with van der Waals surface area (Å²) in [4.78, 5) is 60.3. The lowest BCUT2D eigenvalue weighted by Crippen LogP contribution is -2.55. The predicted molar refractivity (Wildman–Crippen MR) is 171 cm³/mol. The van der Waals surface area contributed by atoms with Crippen LogP contribution >= 0.6 is 0 Å². The number of amides is 4. The van der Waals surface area contributed by atoms with Crippen molar-refractivity contribution in [3.63, 3.8) is 0 Å². The molecule has 4 N–H and O–H groups in total. The van der Waals surface area contributed by atoms with E-state index in [4.69, 9.17) is 9.15 Å². The number of benzene rings is 2. The molecule has 5 rings (SSSR count). The van der Waals surface area contributed by atoms with Crippen LogP contribution in [0.15, 0.2) is 65.3 Å². The molecule has 0 spiro atoms. The van der Waals surface area contributed by atoms with Crippen LogP contribution in [-0.2, 0) is 20.7 Å². The molecule has 12 nitrogen and oxygen atoms in total. The number of carbonyl (C=O) groups is 4. The van der Waals surface area contributed by atoms with Crippen LogP contribution in [0.1, 0.15) is 71.5 Å². The molecule has 2 aliphatic rings. The van der Waals surface area contributed by atoms with E-state index in [0.29, 0.717) is 44.6 Å². The third kappa shape index (κ3) is 8.51. The molecule has 46 heavy (non-hydrogen) atoms. The number of rotatable bonds is 6. The topological polar surface area (TPSA) is 155 Å². The van der Waals surface area contributed by atoms with Gasteiger partial charge in [-0.3, -0.25) is 19.2 Å². The summed E-state index contributed by atoms with van der Waals surface area (Å²) in [6.45, 7) is 7.03. The van der Waals surface area contributed by atoms with Gasteiger partial charge < -0.3 is 35.3 Å². The summed E-state index contributed by atoms with van der Waals surface area (Å²) in [5.74, 6) is -1.61. The summed E-state index contributed by atoms with van der Waals surface area (Å²) < 4.78 is 11.1. The van der Waals surface area contributed by atoms with Crippen molar-refractivity contribution in [1.29, 1.82) is 0 Å². The summed E-state index contributed by atoms with van der Waals surface area (Å²) >= 11 is 0. The highest BCUT2D eigenvalue weighted by Crippen LogP contribution is 2.22. The van der Waals surface area contributed by atoms with Gasteiger partial charge in [-0.25, -0.2) is 4.98 Å². The van der Waals surface area contributed by atoms with Crippen LogP contribution in [-0.4, -0.2) is 73.5 Å². The third-order valence-electron chi connectivity index (χ3n) is 8.23. The Morgan fingerprint density at radius 2 is 1.72 bits per heavy atom. The minimum Gasteiger partial charge on any atom is -0.446 e. The molecular formula is C34H42N6O6. The SMILES string of the molecule is CC(C)[C@@H]1NC(=O)[C@H](Cc2ccccc2)NC(=O)[C@@H](NC(=O)c2ccc(N3CCOCC3)cc2)CCCCNC(=O)c2coc1n2. The molecule has 2 aromatic carbocycles. The average molecular weight is 631 g/mol. The first-order valence-electron chi connectivity index (χ1n) is 15.9. The monoisotopic (exact) mass is 630 g/mol. The molecule has 3 heterocycles. The number of ether oxygens (including phenoxy) is 1. The van der Waals surface area contributed by atoms with Crippen LogP contribution in [0.4, 0.5) is 5.69 Å². The Hall–Kier alpha value is -4.71. The lowest BCUT2D eigenvalue weighted by atomic mass is 10.0. The molecule has 0 saturated carbocycles. The van der Waals surface area contributed by atoms with Crippen molar-refractivity contribution in [3.05, 3.63) is 83.6 Å². The summed E-state index contributed by atoms with van der Waals surface area (Å²) in [5, 5.41) is 11.6. The highest BCUT2D eigenvalue weighted by atomic mass is 16.5. The van der Waals surface area contributed by atoms with Crippen molar-refractivity contribution >= 4 is 29.3 Å². The van der Waals surface area contributed by atoms with Gasteiger partial charge in [-0.15, -0.1) is 0 Å². The van der Waals surface area contributed by atoms with Gasteiger partial charge in [0.25, 0.3) is 11.8 Å². The summed E-state index contributed by atoms with van der Waals surface area (Å²) in [5.41, 5.74) is 2.40. The van der Waals surface area contributed by atoms with Crippen LogP contribution in [0, 0.1) is 5.92 Å². The van der Waals surface area contributed by atoms with Gasteiger partial charge in [-0.1, -0.05) is 44.2 Å². The van der Waals surface area contributed by atoms with Gasteiger partial charge in [0.15, 0.2) is 5.69 Å². The number of hydrogen-bond acceptors (Lipinski definition) is 8. The Morgan fingerprint density at radius 1 is 0.978 bits per heavy atom. The van der Waals surface area contributed by atoms with Gasteiger partial charge in [0.2, 0.25) is 17.7 Å². The smallest absolute Gasteiger partial charge is 0.273 e. The molecule has 1 aromatic heterocycles. The van der Waals surface area contributed by atoms with Crippen LogP contribution in [0.2, 0.25) is 0 Å². The Labute approximate surface area is 268 Å². The predicted octanol–water partition coefficient (Wildman–Crippen LogP) is 2.76. The number of anilines is 1. The van der Waals surface area contributed by atoms with Crippen LogP contribution in [0.5, 0.6) is 0 Å². The summed E-state index contributed by atoms with van der Waals surface area (Å²) in [6, 6.07) is 14.2. The first-order valence-corrected chi connectivity index (χ1v) is 15.9. The van der Waals surface area contributed by atoms with Gasteiger partial charge in [-0.05, 0) is 55.0 Å². The van der Waals surface area contributed by atoms with E-state index in [1.54, 1.807) is 12.1 Å². The van der Waals surface area contributed by atoms with Gasteiger partial charge in [0.1, 0.15) is 24.4 Å². The van der Waals surface area contributed by atoms with E-state index in [1.165, 1.54) is 6.26 Å². The average Bonchev–Trinajstić information content (AvgIpc) is 3.56. The number of nitrogens with zero attached hydrogens (tertiary/aromatic N) is 2. The van der Waals surface area contributed by atoms with E-state index in [2.05, 4.69) is 31.2 Å². The van der Waals surface area contributed by atoms with Crippen molar-refractivity contribution in [2.75, 3.05) is 37.7 Å². The summed E-state index contributed by atoms with van der Waals surface area (Å²) in [7, 11) is 0.